The van der Waals surface area contributed by atoms with Gasteiger partial charge in [0.1, 0.15) is 0 Å². The fraction of sp³-hybridized carbons (Fsp3) is 0.840. The van der Waals surface area contributed by atoms with Crippen molar-refractivity contribution in [3.63, 3.8) is 0 Å². The van der Waals surface area contributed by atoms with Crippen LogP contribution in [0.5, 0.6) is 0 Å². The molecule has 0 fully saturated rings. The first kappa shape index (κ1) is 25.7. The van der Waals surface area contributed by atoms with E-state index in [0.717, 1.165) is 25.7 Å². The van der Waals surface area contributed by atoms with Crippen LogP contribution in [0.1, 0.15) is 104 Å². The Morgan fingerprint density at radius 1 is 0.759 bits per heavy atom. The quantitative estimate of drug-likeness (QED) is 0.163. The zero-order valence-electron chi connectivity index (χ0n) is 19.1. The van der Waals surface area contributed by atoms with Gasteiger partial charge in [-0.15, -0.1) is 0 Å². The van der Waals surface area contributed by atoms with Gasteiger partial charge in [0, 0.05) is 0 Å². The third kappa shape index (κ3) is 10.9. The van der Waals surface area contributed by atoms with Crippen LogP contribution in [0.15, 0.2) is 12.2 Å². The molecule has 0 radical (unpaired) electrons. The molecule has 168 valence electrons. The third-order valence-electron chi connectivity index (χ3n) is 5.89. The lowest BCUT2D eigenvalue weighted by molar-refractivity contribution is -0.162. The van der Waals surface area contributed by atoms with Crippen molar-refractivity contribution in [3.05, 3.63) is 12.2 Å². The van der Waals surface area contributed by atoms with Gasteiger partial charge in [-0.3, -0.25) is 9.59 Å². The van der Waals surface area contributed by atoms with Gasteiger partial charge in [-0.1, -0.05) is 97.1 Å². The van der Waals surface area contributed by atoms with Crippen LogP contribution in [-0.4, -0.2) is 25.2 Å². The molecule has 0 saturated heterocycles. The van der Waals surface area contributed by atoms with Gasteiger partial charge in [-0.25, -0.2) is 0 Å². The Hall–Kier alpha value is -1.32. The number of esters is 2. The number of ether oxygens (including phenoxy) is 2. The fourth-order valence-electron chi connectivity index (χ4n) is 4.01. The number of hydrogen-bond acceptors (Lipinski definition) is 4. The van der Waals surface area contributed by atoms with Crippen LogP contribution in [0.4, 0.5) is 0 Å². The summed E-state index contributed by atoms with van der Waals surface area (Å²) in [5.41, 5.74) is 0. The van der Waals surface area contributed by atoms with E-state index in [9.17, 15) is 9.59 Å². The molecular weight excluding hydrogens is 364 g/mol. The Balaban J connectivity index is 2.35. The lowest BCUT2D eigenvalue weighted by atomic mass is 9.76. The van der Waals surface area contributed by atoms with Crippen molar-refractivity contribution < 1.29 is 19.1 Å². The van der Waals surface area contributed by atoms with E-state index in [0.29, 0.717) is 19.6 Å². The van der Waals surface area contributed by atoms with Crippen LogP contribution < -0.4 is 0 Å². The molecule has 3 unspecified atom stereocenters. The van der Waals surface area contributed by atoms with Gasteiger partial charge >= 0.3 is 11.9 Å². The molecule has 0 saturated carbocycles. The summed E-state index contributed by atoms with van der Waals surface area (Å²) < 4.78 is 11.1. The van der Waals surface area contributed by atoms with Crippen LogP contribution >= 0.6 is 0 Å². The van der Waals surface area contributed by atoms with E-state index in [1.165, 1.54) is 51.4 Å². The summed E-state index contributed by atoms with van der Waals surface area (Å²) in [6.45, 7) is 7.31. The second-order valence-electron chi connectivity index (χ2n) is 8.53. The van der Waals surface area contributed by atoms with Crippen molar-refractivity contribution >= 4 is 11.9 Å². The number of rotatable bonds is 16. The molecular formula is C25H44O4. The lowest BCUT2D eigenvalue weighted by Crippen LogP contribution is -2.38. The first-order valence-corrected chi connectivity index (χ1v) is 12.1. The molecule has 1 rings (SSSR count). The smallest absolute Gasteiger partial charge is 0.310 e. The molecule has 0 spiro atoms. The standard InChI is InChI=1S/C25H44O4/c1-4-6-8-10-12-14-19-28-24(26)22-18-16-17-21(3)23(22)25(27)29-20-15-13-11-9-7-5-2/h16-17,21-23H,4-15,18-20H2,1-3H3. The Labute approximate surface area is 178 Å². The maximum atomic E-state index is 12.7. The van der Waals surface area contributed by atoms with E-state index in [1.54, 1.807) is 0 Å². The van der Waals surface area contributed by atoms with Crippen LogP contribution in [0.25, 0.3) is 0 Å². The molecule has 0 amide bonds. The molecule has 3 atom stereocenters. The predicted octanol–water partition coefficient (Wildman–Crippen LogP) is 6.62. The fourth-order valence-corrected chi connectivity index (χ4v) is 4.01. The first-order valence-electron chi connectivity index (χ1n) is 12.1. The van der Waals surface area contributed by atoms with Crippen molar-refractivity contribution in [1.82, 2.24) is 0 Å². The van der Waals surface area contributed by atoms with Gasteiger partial charge in [0.2, 0.25) is 0 Å². The van der Waals surface area contributed by atoms with Gasteiger partial charge in [-0.2, -0.15) is 0 Å². The summed E-state index contributed by atoms with van der Waals surface area (Å²) in [5, 5.41) is 0. The van der Waals surface area contributed by atoms with Gasteiger partial charge in [-0.05, 0) is 25.2 Å². The molecule has 1 aliphatic carbocycles. The zero-order chi connectivity index (χ0) is 21.3. The molecule has 29 heavy (non-hydrogen) atoms. The minimum Gasteiger partial charge on any atom is -0.465 e. The summed E-state index contributed by atoms with van der Waals surface area (Å²) in [5.74, 6) is -1.30. The zero-order valence-corrected chi connectivity index (χ0v) is 19.1. The summed E-state index contributed by atoms with van der Waals surface area (Å²) in [6.07, 6.45) is 18.5. The number of carbonyl (C=O) groups is 2. The molecule has 0 bridgehead atoms. The van der Waals surface area contributed by atoms with Gasteiger partial charge in [0.05, 0.1) is 25.0 Å². The van der Waals surface area contributed by atoms with Gasteiger partial charge in [0.15, 0.2) is 0 Å². The van der Waals surface area contributed by atoms with Crippen LogP contribution in [0, 0.1) is 17.8 Å². The van der Waals surface area contributed by atoms with Crippen molar-refractivity contribution in [1.29, 1.82) is 0 Å². The van der Waals surface area contributed by atoms with Crippen molar-refractivity contribution in [2.45, 2.75) is 104 Å². The lowest BCUT2D eigenvalue weighted by Gasteiger charge is -2.30. The van der Waals surface area contributed by atoms with Crippen molar-refractivity contribution in [3.8, 4) is 0 Å². The van der Waals surface area contributed by atoms with E-state index in [4.69, 9.17) is 9.47 Å². The Morgan fingerprint density at radius 2 is 1.24 bits per heavy atom. The van der Waals surface area contributed by atoms with Crippen LogP contribution in [0.2, 0.25) is 0 Å². The SMILES string of the molecule is CCCCCCCCOC(=O)C1CC=CC(C)C1C(=O)OCCCCCCCC. The molecule has 0 aliphatic heterocycles. The van der Waals surface area contributed by atoms with E-state index in [2.05, 4.69) is 13.8 Å². The Bertz CT molecular complexity index is 471. The monoisotopic (exact) mass is 408 g/mol. The second kappa shape index (κ2) is 16.5. The molecule has 4 heteroatoms. The number of hydrogen-bond donors (Lipinski definition) is 0. The molecule has 0 aromatic heterocycles. The highest BCUT2D eigenvalue weighted by molar-refractivity contribution is 5.83. The number of allylic oxidation sites excluding steroid dienone is 2. The maximum absolute atomic E-state index is 12.7. The topological polar surface area (TPSA) is 52.6 Å². The summed E-state index contributed by atoms with van der Waals surface area (Å²) in [6, 6.07) is 0. The highest BCUT2D eigenvalue weighted by Gasteiger charge is 2.40. The molecule has 0 N–H and O–H groups in total. The highest BCUT2D eigenvalue weighted by Crippen LogP contribution is 2.32. The highest BCUT2D eigenvalue weighted by atomic mass is 16.5. The van der Waals surface area contributed by atoms with Gasteiger partial charge in [0.25, 0.3) is 0 Å². The van der Waals surface area contributed by atoms with Gasteiger partial charge < -0.3 is 9.47 Å². The van der Waals surface area contributed by atoms with E-state index in [1.807, 2.05) is 19.1 Å². The minimum atomic E-state index is -0.419. The Kier molecular flexibility index (Phi) is 14.6. The summed E-state index contributed by atoms with van der Waals surface area (Å²) in [7, 11) is 0. The molecule has 0 aromatic carbocycles. The first-order chi connectivity index (χ1) is 14.1. The molecule has 0 heterocycles. The number of carbonyl (C=O) groups excluding carboxylic acids is 2. The normalized spacial score (nSPS) is 21.1. The van der Waals surface area contributed by atoms with Crippen LogP contribution in [0.3, 0.4) is 0 Å². The predicted molar refractivity (Wildman–Crippen MR) is 119 cm³/mol. The van der Waals surface area contributed by atoms with Crippen molar-refractivity contribution in [2.24, 2.45) is 17.8 Å². The summed E-state index contributed by atoms with van der Waals surface area (Å²) in [4.78, 5) is 25.3. The summed E-state index contributed by atoms with van der Waals surface area (Å²) >= 11 is 0. The van der Waals surface area contributed by atoms with E-state index < -0.39 is 11.8 Å². The average Bonchev–Trinajstić information content (AvgIpc) is 2.72. The van der Waals surface area contributed by atoms with Crippen LogP contribution in [-0.2, 0) is 19.1 Å². The average molecular weight is 409 g/mol. The largest absolute Gasteiger partial charge is 0.465 e. The molecule has 4 nitrogen and oxygen atoms in total. The third-order valence-corrected chi connectivity index (χ3v) is 5.89. The van der Waals surface area contributed by atoms with Crippen molar-refractivity contribution in [2.75, 3.05) is 13.2 Å². The maximum Gasteiger partial charge on any atom is 0.310 e. The Morgan fingerprint density at radius 3 is 1.79 bits per heavy atom. The number of unbranched alkanes of at least 4 members (excludes halogenated alkanes) is 10. The second-order valence-corrected chi connectivity index (χ2v) is 8.53. The van der Waals surface area contributed by atoms with E-state index in [-0.39, 0.29) is 17.9 Å². The molecule has 1 aliphatic rings. The minimum absolute atomic E-state index is 0.00685. The molecule has 0 aromatic rings. The van der Waals surface area contributed by atoms with E-state index >= 15 is 0 Å².